The highest BCUT2D eigenvalue weighted by Crippen LogP contribution is 2.28. The van der Waals surface area contributed by atoms with Gasteiger partial charge in [0.05, 0.1) is 30.6 Å². The smallest absolute Gasteiger partial charge is 0.259 e. The Morgan fingerprint density at radius 2 is 2.25 bits per heavy atom. The van der Waals surface area contributed by atoms with Crippen LogP contribution in [0.2, 0.25) is 0 Å². The Morgan fingerprint density at radius 3 is 3.00 bits per heavy atom. The first kappa shape index (κ1) is 13.9. The molecule has 0 radical (unpaired) electrons. The Bertz CT molecular complexity index is 609. The Morgan fingerprint density at radius 1 is 1.45 bits per heavy atom. The van der Waals surface area contributed by atoms with Crippen molar-refractivity contribution < 1.29 is 19.7 Å². The van der Waals surface area contributed by atoms with Crippen LogP contribution in [0.4, 0.5) is 5.69 Å². The van der Waals surface area contributed by atoms with Gasteiger partial charge in [-0.15, -0.1) is 0 Å². The Labute approximate surface area is 115 Å². The standard InChI is InChI=1S/C13H15N3O4/c1-20-6-5-16-8-9(7-14-16)15-13(19)10-3-2-4-11(17)12(10)18/h2-4,7-8,17-18H,5-6H2,1H3,(H,15,19). The number of carbonyl (C=O) groups excluding carboxylic acids is 1. The van der Waals surface area contributed by atoms with E-state index in [2.05, 4.69) is 10.4 Å². The first-order valence-corrected chi connectivity index (χ1v) is 5.95. The van der Waals surface area contributed by atoms with Gasteiger partial charge in [-0.1, -0.05) is 6.07 Å². The summed E-state index contributed by atoms with van der Waals surface area (Å²) >= 11 is 0. The number of carbonyl (C=O) groups is 1. The van der Waals surface area contributed by atoms with Crippen LogP contribution in [-0.2, 0) is 11.3 Å². The lowest BCUT2D eigenvalue weighted by molar-refractivity contribution is 0.102. The van der Waals surface area contributed by atoms with Crippen molar-refractivity contribution in [2.75, 3.05) is 19.0 Å². The molecule has 20 heavy (non-hydrogen) atoms. The molecule has 2 rings (SSSR count). The number of hydrogen-bond acceptors (Lipinski definition) is 5. The molecular weight excluding hydrogens is 262 g/mol. The summed E-state index contributed by atoms with van der Waals surface area (Å²) in [6.07, 6.45) is 3.14. The minimum absolute atomic E-state index is 0.00496. The second-order valence-corrected chi connectivity index (χ2v) is 4.11. The van der Waals surface area contributed by atoms with Gasteiger partial charge >= 0.3 is 0 Å². The molecule has 0 fully saturated rings. The average Bonchev–Trinajstić information content (AvgIpc) is 2.87. The summed E-state index contributed by atoms with van der Waals surface area (Å²) in [4.78, 5) is 12.0. The molecule has 1 heterocycles. The van der Waals surface area contributed by atoms with Gasteiger partial charge in [0, 0.05) is 13.3 Å². The van der Waals surface area contributed by atoms with Gasteiger partial charge in [-0.2, -0.15) is 5.10 Å². The lowest BCUT2D eigenvalue weighted by Crippen LogP contribution is -2.11. The number of rotatable bonds is 5. The summed E-state index contributed by atoms with van der Waals surface area (Å²) in [6, 6.07) is 4.20. The van der Waals surface area contributed by atoms with E-state index < -0.39 is 11.7 Å². The first-order valence-electron chi connectivity index (χ1n) is 5.95. The number of anilines is 1. The monoisotopic (exact) mass is 277 g/mol. The van der Waals surface area contributed by atoms with E-state index >= 15 is 0 Å². The number of aromatic nitrogens is 2. The number of amides is 1. The summed E-state index contributed by atoms with van der Waals surface area (Å²) in [5.74, 6) is -1.31. The zero-order chi connectivity index (χ0) is 14.5. The Balaban J connectivity index is 2.07. The molecular formula is C13H15N3O4. The molecule has 0 aliphatic rings. The molecule has 0 aliphatic carbocycles. The van der Waals surface area contributed by atoms with Crippen molar-refractivity contribution in [3.05, 3.63) is 36.2 Å². The molecule has 106 valence electrons. The predicted molar refractivity (Wildman–Crippen MR) is 71.8 cm³/mol. The highest BCUT2D eigenvalue weighted by molar-refractivity contribution is 6.06. The molecule has 0 aliphatic heterocycles. The molecule has 0 spiro atoms. The second-order valence-electron chi connectivity index (χ2n) is 4.11. The fourth-order valence-electron chi connectivity index (χ4n) is 1.65. The fourth-order valence-corrected chi connectivity index (χ4v) is 1.65. The number of phenolic OH excluding ortho intramolecular Hbond substituents is 2. The van der Waals surface area contributed by atoms with Gasteiger partial charge in [0.15, 0.2) is 11.5 Å². The van der Waals surface area contributed by atoms with Crippen LogP contribution in [-0.4, -0.2) is 39.6 Å². The number of benzene rings is 1. The molecule has 0 unspecified atom stereocenters. The Hall–Kier alpha value is -2.54. The van der Waals surface area contributed by atoms with Gasteiger partial charge in [-0.25, -0.2) is 0 Å². The zero-order valence-corrected chi connectivity index (χ0v) is 10.9. The van der Waals surface area contributed by atoms with Crippen molar-refractivity contribution in [1.82, 2.24) is 9.78 Å². The van der Waals surface area contributed by atoms with Crippen molar-refractivity contribution in [1.29, 1.82) is 0 Å². The summed E-state index contributed by atoms with van der Waals surface area (Å²) in [7, 11) is 1.59. The molecule has 0 saturated carbocycles. The number of hydrogen-bond donors (Lipinski definition) is 3. The molecule has 1 amide bonds. The minimum Gasteiger partial charge on any atom is -0.504 e. The van der Waals surface area contributed by atoms with E-state index in [1.54, 1.807) is 18.0 Å². The topological polar surface area (TPSA) is 96.6 Å². The fraction of sp³-hybridized carbons (Fsp3) is 0.231. The SMILES string of the molecule is COCCn1cc(NC(=O)c2cccc(O)c2O)cn1. The van der Waals surface area contributed by atoms with Crippen LogP contribution >= 0.6 is 0 Å². The highest BCUT2D eigenvalue weighted by Gasteiger charge is 2.14. The van der Waals surface area contributed by atoms with E-state index in [1.165, 1.54) is 24.4 Å². The highest BCUT2D eigenvalue weighted by atomic mass is 16.5. The number of nitrogens with one attached hydrogen (secondary N) is 1. The molecule has 1 aromatic heterocycles. The molecule has 3 N–H and O–H groups in total. The van der Waals surface area contributed by atoms with Gasteiger partial charge in [0.1, 0.15) is 0 Å². The lowest BCUT2D eigenvalue weighted by atomic mass is 10.1. The maximum atomic E-state index is 12.0. The third kappa shape index (κ3) is 3.07. The van der Waals surface area contributed by atoms with E-state index in [-0.39, 0.29) is 11.3 Å². The summed E-state index contributed by atoms with van der Waals surface area (Å²) in [5.41, 5.74) is 0.489. The summed E-state index contributed by atoms with van der Waals surface area (Å²) in [5, 5.41) is 25.6. The van der Waals surface area contributed by atoms with Crippen LogP contribution in [0.3, 0.4) is 0 Å². The summed E-state index contributed by atoms with van der Waals surface area (Å²) in [6.45, 7) is 1.09. The van der Waals surface area contributed by atoms with Crippen LogP contribution in [0.25, 0.3) is 0 Å². The third-order valence-corrected chi connectivity index (χ3v) is 2.67. The molecule has 7 heteroatoms. The largest absolute Gasteiger partial charge is 0.504 e. The molecule has 7 nitrogen and oxygen atoms in total. The van der Waals surface area contributed by atoms with Gasteiger partial charge in [0.2, 0.25) is 0 Å². The van der Waals surface area contributed by atoms with E-state index in [0.717, 1.165) is 0 Å². The molecule has 0 saturated heterocycles. The van der Waals surface area contributed by atoms with E-state index in [9.17, 15) is 15.0 Å². The van der Waals surface area contributed by atoms with Crippen molar-refractivity contribution in [3.63, 3.8) is 0 Å². The lowest BCUT2D eigenvalue weighted by Gasteiger charge is -2.05. The molecule has 1 aromatic carbocycles. The van der Waals surface area contributed by atoms with Crippen LogP contribution in [0.1, 0.15) is 10.4 Å². The van der Waals surface area contributed by atoms with Crippen LogP contribution < -0.4 is 5.32 Å². The molecule has 2 aromatic rings. The normalized spacial score (nSPS) is 10.4. The maximum Gasteiger partial charge on any atom is 0.259 e. The number of aromatic hydroxyl groups is 2. The van der Waals surface area contributed by atoms with E-state index in [0.29, 0.717) is 18.8 Å². The van der Waals surface area contributed by atoms with Crippen molar-refractivity contribution in [2.45, 2.75) is 6.54 Å². The molecule has 0 atom stereocenters. The Kier molecular flexibility index (Phi) is 4.21. The van der Waals surface area contributed by atoms with Crippen molar-refractivity contribution in [3.8, 4) is 11.5 Å². The van der Waals surface area contributed by atoms with E-state index in [4.69, 9.17) is 4.74 Å². The van der Waals surface area contributed by atoms with Gasteiger partial charge in [-0.3, -0.25) is 9.48 Å². The van der Waals surface area contributed by atoms with Gasteiger partial charge < -0.3 is 20.3 Å². The maximum absolute atomic E-state index is 12.0. The average molecular weight is 277 g/mol. The van der Waals surface area contributed by atoms with Crippen molar-refractivity contribution >= 4 is 11.6 Å². The quantitative estimate of drug-likeness (QED) is 0.713. The van der Waals surface area contributed by atoms with Gasteiger partial charge in [0.25, 0.3) is 5.91 Å². The van der Waals surface area contributed by atoms with Gasteiger partial charge in [-0.05, 0) is 12.1 Å². The van der Waals surface area contributed by atoms with Crippen LogP contribution in [0.5, 0.6) is 11.5 Å². The van der Waals surface area contributed by atoms with Crippen molar-refractivity contribution in [2.24, 2.45) is 0 Å². The number of nitrogens with zero attached hydrogens (tertiary/aromatic N) is 2. The first-order chi connectivity index (χ1) is 9.61. The summed E-state index contributed by atoms with van der Waals surface area (Å²) < 4.78 is 6.55. The van der Waals surface area contributed by atoms with Crippen LogP contribution in [0, 0.1) is 0 Å². The number of ether oxygens (including phenoxy) is 1. The predicted octanol–water partition coefficient (Wildman–Crippen LogP) is 1.19. The number of para-hydroxylation sites is 1. The van der Waals surface area contributed by atoms with E-state index in [1.807, 2.05) is 0 Å². The van der Waals surface area contributed by atoms with Crippen LogP contribution in [0.15, 0.2) is 30.6 Å². The third-order valence-electron chi connectivity index (χ3n) is 2.67. The number of methoxy groups -OCH3 is 1. The second kappa shape index (κ2) is 6.07. The zero-order valence-electron chi connectivity index (χ0n) is 10.9. The minimum atomic E-state index is -0.523. The number of phenols is 2. The molecule has 0 bridgehead atoms.